The molecule has 2 aliphatic carbocycles. The number of aromatic nitrogens is 2. The molecule has 2 bridgehead atoms. The molecule has 3 nitrogen and oxygen atoms in total. The van der Waals surface area contributed by atoms with Crippen molar-refractivity contribution < 1.29 is 4.79 Å². The second kappa shape index (κ2) is 3.72. The summed E-state index contributed by atoms with van der Waals surface area (Å²) in [6, 6.07) is 1.83. The van der Waals surface area contributed by atoms with Crippen LogP contribution in [0.3, 0.4) is 0 Å². The Balaban J connectivity index is 1.67. The summed E-state index contributed by atoms with van der Waals surface area (Å²) < 4.78 is 1.69. The van der Waals surface area contributed by atoms with E-state index in [2.05, 4.69) is 5.10 Å². The first kappa shape index (κ1) is 10.1. The Morgan fingerprint density at radius 3 is 2.94 bits per heavy atom. The van der Waals surface area contributed by atoms with Crippen LogP contribution < -0.4 is 0 Å². The Hall–Kier alpha value is -1.12. The Morgan fingerprint density at radius 2 is 2.38 bits per heavy atom. The largest absolute Gasteiger partial charge is 0.292 e. The van der Waals surface area contributed by atoms with Crippen LogP contribution in [0.25, 0.3) is 0 Å². The van der Waals surface area contributed by atoms with Crippen molar-refractivity contribution in [1.82, 2.24) is 9.78 Å². The van der Waals surface area contributed by atoms with Crippen molar-refractivity contribution in [3.8, 4) is 0 Å². The number of ketones is 1. The molecule has 3 unspecified atom stereocenters. The third kappa shape index (κ3) is 1.58. The van der Waals surface area contributed by atoms with Gasteiger partial charge in [0.2, 0.25) is 0 Å². The maximum Gasteiger partial charge on any atom is 0.181 e. The van der Waals surface area contributed by atoms with Crippen LogP contribution in [0, 0.1) is 17.8 Å². The normalized spacial score (nSPS) is 32.2. The zero-order valence-electron chi connectivity index (χ0n) is 9.72. The van der Waals surface area contributed by atoms with E-state index in [-0.39, 0.29) is 5.78 Å². The van der Waals surface area contributed by atoms with E-state index < -0.39 is 0 Å². The first-order valence-electron chi connectivity index (χ1n) is 6.25. The minimum atomic E-state index is 0.276. The molecule has 1 aromatic heterocycles. The van der Waals surface area contributed by atoms with Crippen LogP contribution in [0.5, 0.6) is 0 Å². The lowest BCUT2D eigenvalue weighted by atomic mass is 9.85. The van der Waals surface area contributed by atoms with E-state index in [1.807, 2.05) is 13.1 Å². The number of carbonyl (C=O) groups is 1. The average molecular weight is 218 g/mol. The number of Topliss-reactive ketones (excluding diaryl/α,β-unsaturated/α-hetero) is 1. The summed E-state index contributed by atoms with van der Waals surface area (Å²) in [5, 5.41) is 4.06. The van der Waals surface area contributed by atoms with Crippen LogP contribution in [0.2, 0.25) is 0 Å². The summed E-state index contributed by atoms with van der Waals surface area (Å²) in [6.45, 7) is 0. The molecular weight excluding hydrogens is 200 g/mol. The lowest BCUT2D eigenvalue weighted by Gasteiger charge is -2.20. The molecule has 3 heteroatoms. The van der Waals surface area contributed by atoms with Gasteiger partial charge in [0.05, 0.1) is 0 Å². The fraction of sp³-hybridized carbons (Fsp3) is 0.692. The van der Waals surface area contributed by atoms with E-state index in [0.717, 1.165) is 24.0 Å². The summed E-state index contributed by atoms with van der Waals surface area (Å²) >= 11 is 0. The SMILES string of the molecule is Cn1nccc1C(=O)CC1CC2CCC1C2. The molecule has 0 spiro atoms. The molecule has 0 aromatic carbocycles. The maximum atomic E-state index is 12.1. The summed E-state index contributed by atoms with van der Waals surface area (Å²) in [7, 11) is 1.84. The lowest BCUT2D eigenvalue weighted by Crippen LogP contribution is -2.17. The highest BCUT2D eigenvalue weighted by Crippen LogP contribution is 2.49. The van der Waals surface area contributed by atoms with Crippen molar-refractivity contribution in [3.63, 3.8) is 0 Å². The van der Waals surface area contributed by atoms with Gasteiger partial charge in [-0.1, -0.05) is 6.42 Å². The van der Waals surface area contributed by atoms with E-state index in [0.29, 0.717) is 5.92 Å². The van der Waals surface area contributed by atoms with Crippen LogP contribution in [0.1, 0.15) is 42.6 Å². The zero-order valence-corrected chi connectivity index (χ0v) is 9.72. The van der Waals surface area contributed by atoms with Gasteiger partial charge in [-0.2, -0.15) is 5.10 Å². The van der Waals surface area contributed by atoms with Gasteiger partial charge in [0, 0.05) is 19.7 Å². The van der Waals surface area contributed by atoms with E-state index in [1.54, 1.807) is 10.9 Å². The number of aryl methyl sites for hydroxylation is 1. The number of hydrogen-bond donors (Lipinski definition) is 0. The predicted octanol–water partition coefficient (Wildman–Crippen LogP) is 2.43. The standard InChI is InChI=1S/C13H18N2O/c1-15-12(4-5-14-15)13(16)8-11-7-9-2-3-10(11)6-9/h4-5,9-11H,2-3,6-8H2,1H3. The number of fused-ring (bicyclic) bond motifs is 2. The maximum absolute atomic E-state index is 12.1. The second-order valence-electron chi connectivity index (χ2n) is 5.40. The van der Waals surface area contributed by atoms with Crippen molar-refractivity contribution in [2.45, 2.75) is 32.1 Å². The topological polar surface area (TPSA) is 34.9 Å². The van der Waals surface area contributed by atoms with Crippen LogP contribution in [-0.4, -0.2) is 15.6 Å². The number of hydrogen-bond acceptors (Lipinski definition) is 2. The smallest absolute Gasteiger partial charge is 0.181 e. The molecule has 3 rings (SSSR count). The predicted molar refractivity (Wildman–Crippen MR) is 61.1 cm³/mol. The molecule has 86 valence electrons. The third-order valence-electron chi connectivity index (χ3n) is 4.44. The Kier molecular flexibility index (Phi) is 2.34. The van der Waals surface area contributed by atoms with Crippen LogP contribution in [0.15, 0.2) is 12.3 Å². The van der Waals surface area contributed by atoms with Crippen LogP contribution >= 0.6 is 0 Å². The van der Waals surface area contributed by atoms with Gasteiger partial charge in [-0.05, 0) is 43.1 Å². The first-order chi connectivity index (χ1) is 7.74. The number of carbonyl (C=O) groups excluding carboxylic acids is 1. The molecule has 2 fully saturated rings. The van der Waals surface area contributed by atoms with E-state index in [4.69, 9.17) is 0 Å². The third-order valence-corrected chi connectivity index (χ3v) is 4.44. The van der Waals surface area contributed by atoms with Crippen molar-refractivity contribution >= 4 is 5.78 Å². The first-order valence-corrected chi connectivity index (χ1v) is 6.25. The van der Waals surface area contributed by atoms with Gasteiger partial charge >= 0.3 is 0 Å². The van der Waals surface area contributed by atoms with Gasteiger partial charge in [-0.15, -0.1) is 0 Å². The Labute approximate surface area is 95.8 Å². The lowest BCUT2D eigenvalue weighted by molar-refractivity contribution is 0.0935. The molecule has 2 saturated carbocycles. The van der Waals surface area contributed by atoms with Crippen LogP contribution in [-0.2, 0) is 7.05 Å². The summed E-state index contributed by atoms with van der Waals surface area (Å²) in [5.41, 5.74) is 0.766. The quantitative estimate of drug-likeness (QED) is 0.730. The van der Waals surface area contributed by atoms with Crippen molar-refractivity contribution in [1.29, 1.82) is 0 Å². The summed E-state index contributed by atoms with van der Waals surface area (Å²) in [5.74, 6) is 2.69. The molecule has 3 atom stereocenters. The van der Waals surface area contributed by atoms with Gasteiger partial charge < -0.3 is 0 Å². The van der Waals surface area contributed by atoms with E-state index in [9.17, 15) is 4.79 Å². The van der Waals surface area contributed by atoms with Crippen molar-refractivity contribution in [3.05, 3.63) is 18.0 Å². The molecule has 0 radical (unpaired) electrons. The highest BCUT2D eigenvalue weighted by atomic mass is 16.1. The summed E-state index contributed by atoms with van der Waals surface area (Å²) in [4.78, 5) is 12.1. The Morgan fingerprint density at radius 1 is 1.50 bits per heavy atom. The molecule has 0 amide bonds. The fourth-order valence-electron chi connectivity index (χ4n) is 3.62. The van der Waals surface area contributed by atoms with Crippen molar-refractivity contribution in [2.24, 2.45) is 24.8 Å². The van der Waals surface area contributed by atoms with Gasteiger partial charge in [0.15, 0.2) is 5.78 Å². The number of nitrogens with zero attached hydrogens (tertiary/aromatic N) is 2. The molecule has 1 heterocycles. The van der Waals surface area contributed by atoms with Gasteiger partial charge in [0.25, 0.3) is 0 Å². The van der Waals surface area contributed by atoms with E-state index in [1.165, 1.54) is 25.7 Å². The highest BCUT2D eigenvalue weighted by molar-refractivity contribution is 5.94. The molecule has 0 saturated heterocycles. The average Bonchev–Trinajstić information content (AvgIpc) is 2.92. The zero-order chi connectivity index (χ0) is 11.1. The minimum absolute atomic E-state index is 0.276. The van der Waals surface area contributed by atoms with E-state index >= 15 is 0 Å². The molecule has 0 N–H and O–H groups in total. The Bertz CT molecular complexity index is 410. The summed E-state index contributed by atoms with van der Waals surface area (Å²) in [6.07, 6.45) is 7.86. The molecule has 16 heavy (non-hydrogen) atoms. The monoisotopic (exact) mass is 218 g/mol. The van der Waals surface area contributed by atoms with Crippen molar-refractivity contribution in [2.75, 3.05) is 0 Å². The minimum Gasteiger partial charge on any atom is -0.292 e. The molecular formula is C13H18N2O. The van der Waals surface area contributed by atoms with Gasteiger partial charge in [0.1, 0.15) is 5.69 Å². The van der Waals surface area contributed by atoms with Gasteiger partial charge in [-0.3, -0.25) is 9.48 Å². The fourth-order valence-corrected chi connectivity index (χ4v) is 3.62. The molecule has 2 aliphatic rings. The van der Waals surface area contributed by atoms with Crippen LogP contribution in [0.4, 0.5) is 0 Å². The highest BCUT2D eigenvalue weighted by Gasteiger charge is 2.40. The molecule has 0 aliphatic heterocycles. The number of rotatable bonds is 3. The van der Waals surface area contributed by atoms with Gasteiger partial charge in [-0.25, -0.2) is 0 Å². The second-order valence-corrected chi connectivity index (χ2v) is 5.40. The molecule has 1 aromatic rings.